The fourth-order valence-corrected chi connectivity index (χ4v) is 1.59. The summed E-state index contributed by atoms with van der Waals surface area (Å²) >= 11 is 5.91. The van der Waals surface area contributed by atoms with Crippen molar-refractivity contribution in [1.29, 1.82) is 0 Å². The monoisotopic (exact) mass is 252 g/mol. The van der Waals surface area contributed by atoms with Crippen LogP contribution in [0.3, 0.4) is 0 Å². The van der Waals surface area contributed by atoms with Gasteiger partial charge in [0, 0.05) is 24.2 Å². The molecular formula is C11H13ClN4O. The molecular weight excluding hydrogens is 240 g/mol. The number of benzene rings is 1. The van der Waals surface area contributed by atoms with E-state index in [0.29, 0.717) is 23.9 Å². The van der Waals surface area contributed by atoms with Crippen LogP contribution in [-0.2, 0) is 20.2 Å². The zero-order chi connectivity index (χ0) is 12.3. The first-order valence-electron chi connectivity index (χ1n) is 5.15. The third-order valence-corrected chi connectivity index (χ3v) is 2.65. The summed E-state index contributed by atoms with van der Waals surface area (Å²) in [5.41, 5.74) is 6.54. The summed E-state index contributed by atoms with van der Waals surface area (Å²) in [6.45, 7) is 0.745. The number of aryl methyl sites for hydroxylation is 1. The lowest BCUT2D eigenvalue weighted by molar-refractivity contribution is 0.287. The van der Waals surface area contributed by atoms with E-state index >= 15 is 0 Å². The van der Waals surface area contributed by atoms with Crippen molar-refractivity contribution in [3.05, 3.63) is 40.9 Å². The average Bonchev–Trinajstić information content (AvgIpc) is 2.72. The number of ether oxygens (including phenoxy) is 1. The second-order valence-electron chi connectivity index (χ2n) is 3.54. The molecule has 0 spiro atoms. The summed E-state index contributed by atoms with van der Waals surface area (Å²) in [6.07, 6.45) is 1.49. The minimum Gasteiger partial charge on any atom is -0.485 e. The largest absolute Gasteiger partial charge is 0.485 e. The van der Waals surface area contributed by atoms with Gasteiger partial charge in [0.2, 0.25) is 0 Å². The van der Waals surface area contributed by atoms with Crippen LogP contribution in [0.1, 0.15) is 11.4 Å². The van der Waals surface area contributed by atoms with Gasteiger partial charge >= 0.3 is 0 Å². The summed E-state index contributed by atoms with van der Waals surface area (Å²) in [4.78, 5) is 4.07. The molecule has 1 aromatic heterocycles. The predicted molar refractivity (Wildman–Crippen MR) is 64.7 cm³/mol. The topological polar surface area (TPSA) is 66.0 Å². The Labute approximate surface area is 104 Å². The van der Waals surface area contributed by atoms with Gasteiger partial charge in [0.15, 0.2) is 5.82 Å². The minimum absolute atomic E-state index is 0.337. The van der Waals surface area contributed by atoms with Gasteiger partial charge in [-0.05, 0) is 12.1 Å². The Morgan fingerprint density at radius 1 is 1.47 bits per heavy atom. The van der Waals surface area contributed by atoms with Gasteiger partial charge in [0.25, 0.3) is 0 Å². The van der Waals surface area contributed by atoms with E-state index in [1.165, 1.54) is 6.33 Å². The van der Waals surface area contributed by atoms with E-state index in [-0.39, 0.29) is 0 Å². The highest BCUT2D eigenvalue weighted by atomic mass is 35.5. The van der Waals surface area contributed by atoms with Crippen LogP contribution in [0, 0.1) is 0 Å². The van der Waals surface area contributed by atoms with Crippen molar-refractivity contribution in [3.63, 3.8) is 0 Å². The molecule has 0 fully saturated rings. The molecule has 0 saturated carbocycles. The summed E-state index contributed by atoms with van der Waals surface area (Å²) < 4.78 is 7.31. The van der Waals surface area contributed by atoms with Gasteiger partial charge in [0.05, 0.1) is 0 Å². The molecule has 0 aliphatic rings. The van der Waals surface area contributed by atoms with Crippen LogP contribution in [0.25, 0.3) is 0 Å². The van der Waals surface area contributed by atoms with E-state index < -0.39 is 0 Å². The molecule has 2 N–H and O–H groups in total. The van der Waals surface area contributed by atoms with Crippen molar-refractivity contribution in [2.24, 2.45) is 12.8 Å². The number of hydrogen-bond acceptors (Lipinski definition) is 4. The summed E-state index contributed by atoms with van der Waals surface area (Å²) in [5.74, 6) is 1.43. The van der Waals surface area contributed by atoms with E-state index in [2.05, 4.69) is 10.1 Å². The van der Waals surface area contributed by atoms with Crippen molar-refractivity contribution < 1.29 is 4.74 Å². The molecule has 0 unspecified atom stereocenters. The van der Waals surface area contributed by atoms with Crippen molar-refractivity contribution in [2.75, 3.05) is 0 Å². The molecule has 0 aliphatic heterocycles. The normalized spacial score (nSPS) is 10.5. The molecule has 90 valence electrons. The molecule has 2 rings (SSSR count). The number of hydrogen-bond donors (Lipinski definition) is 1. The fraction of sp³-hybridized carbons (Fsp3) is 0.273. The second kappa shape index (κ2) is 5.16. The maximum Gasteiger partial charge on any atom is 0.164 e. The Hall–Kier alpha value is -1.59. The molecule has 0 aliphatic carbocycles. The Morgan fingerprint density at radius 3 is 2.94 bits per heavy atom. The van der Waals surface area contributed by atoms with Crippen molar-refractivity contribution >= 4 is 11.6 Å². The molecule has 0 amide bonds. The lowest BCUT2D eigenvalue weighted by atomic mass is 10.2. The first-order valence-corrected chi connectivity index (χ1v) is 5.52. The van der Waals surface area contributed by atoms with E-state index in [1.54, 1.807) is 16.8 Å². The summed E-state index contributed by atoms with van der Waals surface area (Å²) in [5, 5.41) is 4.58. The van der Waals surface area contributed by atoms with Gasteiger partial charge in [-0.2, -0.15) is 5.10 Å². The lowest BCUT2D eigenvalue weighted by Crippen LogP contribution is -2.07. The van der Waals surface area contributed by atoms with Gasteiger partial charge in [-0.25, -0.2) is 4.98 Å². The van der Waals surface area contributed by atoms with Crippen LogP contribution in [0.2, 0.25) is 5.02 Å². The summed E-state index contributed by atoms with van der Waals surface area (Å²) in [6, 6.07) is 5.40. The van der Waals surface area contributed by atoms with Gasteiger partial charge in [-0.15, -0.1) is 0 Å². The third-order valence-electron chi connectivity index (χ3n) is 2.41. The van der Waals surface area contributed by atoms with Crippen molar-refractivity contribution in [1.82, 2.24) is 14.8 Å². The van der Waals surface area contributed by atoms with Crippen LogP contribution in [0.15, 0.2) is 24.5 Å². The first kappa shape index (κ1) is 11.9. The highest BCUT2D eigenvalue weighted by Crippen LogP contribution is 2.23. The second-order valence-corrected chi connectivity index (χ2v) is 3.98. The average molecular weight is 253 g/mol. The Kier molecular flexibility index (Phi) is 3.61. The first-order chi connectivity index (χ1) is 8.20. The SMILES string of the molecule is Cn1ncnc1COc1cc(Cl)ccc1CN. The molecule has 2 aromatic rings. The molecule has 0 radical (unpaired) electrons. The quantitative estimate of drug-likeness (QED) is 0.896. The zero-order valence-electron chi connectivity index (χ0n) is 9.43. The van der Waals surface area contributed by atoms with Gasteiger partial charge in [-0.1, -0.05) is 17.7 Å². The van der Waals surface area contributed by atoms with Crippen molar-refractivity contribution in [3.8, 4) is 5.75 Å². The van der Waals surface area contributed by atoms with Crippen LogP contribution in [0.4, 0.5) is 0 Å². The number of nitrogens with two attached hydrogens (primary N) is 1. The Morgan fingerprint density at radius 2 is 2.29 bits per heavy atom. The summed E-state index contributed by atoms with van der Waals surface area (Å²) in [7, 11) is 1.81. The van der Waals surface area contributed by atoms with Crippen LogP contribution >= 0.6 is 11.6 Å². The number of halogens is 1. The van der Waals surface area contributed by atoms with Crippen molar-refractivity contribution in [2.45, 2.75) is 13.2 Å². The number of nitrogens with zero attached hydrogens (tertiary/aromatic N) is 3. The predicted octanol–water partition coefficient (Wildman–Crippen LogP) is 1.51. The smallest absolute Gasteiger partial charge is 0.164 e. The molecule has 5 nitrogen and oxygen atoms in total. The molecule has 17 heavy (non-hydrogen) atoms. The van der Waals surface area contributed by atoms with Crippen LogP contribution in [0.5, 0.6) is 5.75 Å². The van der Waals surface area contributed by atoms with Crippen LogP contribution in [-0.4, -0.2) is 14.8 Å². The Bertz CT molecular complexity index is 512. The Balaban J connectivity index is 2.13. The molecule has 0 bridgehead atoms. The zero-order valence-corrected chi connectivity index (χ0v) is 10.2. The van der Waals surface area contributed by atoms with Gasteiger partial charge < -0.3 is 10.5 Å². The van der Waals surface area contributed by atoms with Gasteiger partial charge in [0.1, 0.15) is 18.7 Å². The third kappa shape index (κ3) is 2.75. The maximum atomic E-state index is 5.91. The molecule has 0 saturated heterocycles. The van der Waals surface area contributed by atoms with Crippen LogP contribution < -0.4 is 10.5 Å². The molecule has 1 aromatic carbocycles. The molecule has 0 atom stereocenters. The number of aromatic nitrogens is 3. The van der Waals surface area contributed by atoms with E-state index in [4.69, 9.17) is 22.1 Å². The highest BCUT2D eigenvalue weighted by molar-refractivity contribution is 6.30. The standard InChI is InChI=1S/C11H13ClN4O/c1-16-11(14-7-15-16)6-17-10-4-9(12)3-2-8(10)5-13/h2-4,7H,5-6,13H2,1H3. The van der Waals surface area contributed by atoms with Gasteiger partial charge in [-0.3, -0.25) is 4.68 Å². The number of rotatable bonds is 4. The molecule has 1 heterocycles. The van der Waals surface area contributed by atoms with E-state index in [9.17, 15) is 0 Å². The highest BCUT2D eigenvalue weighted by Gasteiger charge is 2.06. The fourth-order valence-electron chi connectivity index (χ4n) is 1.42. The molecule has 6 heteroatoms. The maximum absolute atomic E-state index is 5.91. The lowest BCUT2D eigenvalue weighted by Gasteiger charge is -2.10. The minimum atomic E-state index is 0.337. The van der Waals surface area contributed by atoms with E-state index in [1.807, 2.05) is 13.1 Å². The van der Waals surface area contributed by atoms with E-state index in [0.717, 1.165) is 11.4 Å².